The van der Waals surface area contributed by atoms with Crippen LogP contribution in [0, 0.1) is 0 Å². The van der Waals surface area contributed by atoms with E-state index >= 15 is 0 Å². The van der Waals surface area contributed by atoms with Crippen LogP contribution in [0.5, 0.6) is 0 Å². The van der Waals surface area contributed by atoms with Gasteiger partial charge in [-0.2, -0.15) is 0 Å². The third kappa shape index (κ3) is 5.22. The first-order valence-corrected chi connectivity index (χ1v) is 12.5. The van der Waals surface area contributed by atoms with Crippen LogP contribution in [0.25, 0.3) is 5.57 Å². The minimum absolute atomic E-state index is 0.0793. The Bertz CT molecular complexity index is 1200. The number of carbonyl (C=O) groups is 3. The second-order valence-electron chi connectivity index (χ2n) is 8.77. The van der Waals surface area contributed by atoms with Crippen molar-refractivity contribution in [2.24, 2.45) is 0 Å². The van der Waals surface area contributed by atoms with Crippen LogP contribution in [-0.4, -0.2) is 48.9 Å². The first-order valence-electron chi connectivity index (χ1n) is 12.5. The highest BCUT2D eigenvalue weighted by Crippen LogP contribution is 2.47. The second-order valence-corrected chi connectivity index (χ2v) is 8.77. The van der Waals surface area contributed by atoms with E-state index in [1.165, 1.54) is 13.8 Å². The Hall–Kier alpha value is -3.81. The third-order valence-electron chi connectivity index (χ3n) is 6.54. The molecule has 0 radical (unpaired) electrons. The number of hydrogen-bond acceptors (Lipinski definition) is 6. The number of hydrogen-bond donors (Lipinski definition) is 3. The van der Waals surface area contributed by atoms with Crippen LogP contribution in [-0.2, 0) is 14.4 Å². The average molecular weight is 493 g/mol. The van der Waals surface area contributed by atoms with E-state index in [0.717, 1.165) is 37.6 Å². The van der Waals surface area contributed by atoms with Crippen molar-refractivity contribution in [3.63, 3.8) is 0 Å². The zero-order valence-corrected chi connectivity index (χ0v) is 21.9. The lowest BCUT2D eigenvalue weighted by Gasteiger charge is -2.32. The van der Waals surface area contributed by atoms with Crippen LogP contribution in [0.15, 0.2) is 42.2 Å². The van der Waals surface area contributed by atoms with Crippen LogP contribution >= 0.6 is 0 Å². The van der Waals surface area contributed by atoms with Gasteiger partial charge in [0.25, 0.3) is 0 Å². The van der Waals surface area contributed by atoms with Crippen molar-refractivity contribution in [3.05, 3.63) is 53.3 Å². The number of nitrogens with zero attached hydrogens (tertiary/aromatic N) is 2. The molecular formula is C28H36N4O4. The maximum atomic E-state index is 13.4. The Morgan fingerprint density at radius 2 is 1.28 bits per heavy atom. The molecule has 0 saturated heterocycles. The normalized spacial score (nSPS) is 14.8. The molecule has 1 aliphatic carbocycles. The van der Waals surface area contributed by atoms with Gasteiger partial charge in [-0.1, -0.05) is 6.07 Å². The van der Waals surface area contributed by atoms with Crippen LogP contribution in [0.1, 0.15) is 58.6 Å². The molecule has 2 aromatic rings. The molecular weight excluding hydrogens is 456 g/mol. The highest BCUT2D eigenvalue weighted by molar-refractivity contribution is 6.33. The number of amides is 2. The SMILES string of the molecule is CCN(CC)c1ccc(C2=C(O)C(c3ccc(N(CC)CC)cc3NC(C)=O)C2=O)c(NC(C)=O)c1. The molecule has 1 unspecified atom stereocenters. The van der Waals surface area contributed by atoms with E-state index in [2.05, 4.69) is 20.4 Å². The van der Waals surface area contributed by atoms with Gasteiger partial charge in [-0.15, -0.1) is 0 Å². The van der Waals surface area contributed by atoms with Crippen LogP contribution < -0.4 is 20.4 Å². The van der Waals surface area contributed by atoms with Crippen molar-refractivity contribution in [1.29, 1.82) is 0 Å². The standard InChI is InChI=1S/C28H36N4O4/c1-7-31(8-2)19-11-13-21(23(15-19)29-17(5)33)25-27(35)26(28(25)36)22-14-12-20(32(9-3)10-4)16-24(22)30-18(6)34/h11-16,25,35H,7-10H2,1-6H3,(H,29,33)(H,30,34). The molecule has 0 aromatic heterocycles. The van der Waals surface area contributed by atoms with Crippen molar-refractivity contribution in [3.8, 4) is 0 Å². The lowest BCUT2D eigenvalue weighted by Crippen LogP contribution is -2.30. The topological polar surface area (TPSA) is 102 Å². The van der Waals surface area contributed by atoms with Crippen molar-refractivity contribution in [2.75, 3.05) is 46.6 Å². The van der Waals surface area contributed by atoms with Gasteiger partial charge in [-0.25, -0.2) is 0 Å². The van der Waals surface area contributed by atoms with Gasteiger partial charge in [-0.05, 0) is 63.6 Å². The average Bonchev–Trinajstić information content (AvgIpc) is 2.83. The Morgan fingerprint density at radius 1 is 0.806 bits per heavy atom. The van der Waals surface area contributed by atoms with E-state index in [1.54, 1.807) is 12.1 Å². The van der Waals surface area contributed by atoms with Crippen molar-refractivity contribution >= 4 is 45.9 Å². The highest BCUT2D eigenvalue weighted by atomic mass is 16.3. The molecule has 8 nitrogen and oxygen atoms in total. The summed E-state index contributed by atoms with van der Waals surface area (Å²) in [6.07, 6.45) is 0. The fraction of sp³-hybridized carbons (Fsp3) is 0.393. The molecule has 3 rings (SSSR count). The molecule has 8 heteroatoms. The van der Waals surface area contributed by atoms with Gasteiger partial charge in [0.2, 0.25) is 11.8 Å². The van der Waals surface area contributed by atoms with Gasteiger partial charge in [-0.3, -0.25) is 14.4 Å². The zero-order valence-electron chi connectivity index (χ0n) is 21.9. The Kier molecular flexibility index (Phi) is 8.40. The highest BCUT2D eigenvalue weighted by Gasteiger charge is 2.43. The number of ketones is 1. The van der Waals surface area contributed by atoms with Gasteiger partial charge >= 0.3 is 0 Å². The summed E-state index contributed by atoms with van der Waals surface area (Å²) in [5.41, 5.74) is 3.98. The molecule has 0 fully saturated rings. The summed E-state index contributed by atoms with van der Waals surface area (Å²) in [6.45, 7) is 14.2. The quantitative estimate of drug-likeness (QED) is 0.435. The van der Waals surface area contributed by atoms with Crippen LogP contribution in [0.2, 0.25) is 0 Å². The molecule has 2 amide bonds. The number of allylic oxidation sites excluding steroid dienone is 2. The number of carbonyl (C=O) groups excluding carboxylic acids is 3. The van der Waals surface area contributed by atoms with E-state index in [9.17, 15) is 19.5 Å². The van der Waals surface area contributed by atoms with E-state index < -0.39 is 5.92 Å². The van der Waals surface area contributed by atoms with E-state index in [-0.39, 0.29) is 28.9 Å². The Labute approximate surface area is 213 Å². The lowest BCUT2D eigenvalue weighted by molar-refractivity contribution is -0.117. The first kappa shape index (κ1) is 26.8. The van der Waals surface area contributed by atoms with Gasteiger partial charge in [0, 0.05) is 62.7 Å². The number of Topliss-reactive ketones (excluding diaryl/α,β-unsaturated/α-hetero) is 1. The predicted molar refractivity (Wildman–Crippen MR) is 146 cm³/mol. The molecule has 3 N–H and O–H groups in total. The molecule has 1 aliphatic rings. The van der Waals surface area contributed by atoms with E-state index in [1.807, 2.05) is 52.0 Å². The summed E-state index contributed by atoms with van der Waals surface area (Å²) in [6, 6.07) is 11.0. The second kappa shape index (κ2) is 11.3. The molecule has 192 valence electrons. The van der Waals surface area contributed by atoms with E-state index in [4.69, 9.17) is 0 Å². The molecule has 1 atom stereocenters. The molecule has 36 heavy (non-hydrogen) atoms. The van der Waals surface area contributed by atoms with Gasteiger partial charge < -0.3 is 25.5 Å². The fourth-order valence-electron chi connectivity index (χ4n) is 4.73. The van der Waals surface area contributed by atoms with Crippen molar-refractivity contribution in [1.82, 2.24) is 0 Å². The van der Waals surface area contributed by atoms with Gasteiger partial charge in [0.05, 0.1) is 11.3 Å². The zero-order chi connectivity index (χ0) is 26.6. The smallest absolute Gasteiger partial charge is 0.221 e. The number of nitrogens with one attached hydrogen (secondary N) is 2. The number of aliphatic hydroxyl groups excluding tert-OH is 1. The summed E-state index contributed by atoms with van der Waals surface area (Å²) in [4.78, 5) is 41.5. The van der Waals surface area contributed by atoms with Crippen LogP contribution in [0.3, 0.4) is 0 Å². The van der Waals surface area contributed by atoms with Gasteiger partial charge in [0.15, 0.2) is 5.78 Å². The minimum atomic E-state index is -0.889. The largest absolute Gasteiger partial charge is 0.510 e. The number of aliphatic hydroxyl groups is 1. The van der Waals surface area contributed by atoms with E-state index in [0.29, 0.717) is 22.5 Å². The van der Waals surface area contributed by atoms with Crippen LogP contribution in [0.4, 0.5) is 22.7 Å². The molecule has 2 aromatic carbocycles. The molecule has 0 aliphatic heterocycles. The predicted octanol–water partition coefficient (Wildman–Crippen LogP) is 4.93. The minimum Gasteiger partial charge on any atom is -0.510 e. The number of rotatable bonds is 10. The summed E-state index contributed by atoms with van der Waals surface area (Å²) < 4.78 is 0. The first-order chi connectivity index (χ1) is 17.2. The maximum Gasteiger partial charge on any atom is 0.221 e. The summed E-state index contributed by atoms with van der Waals surface area (Å²) in [5, 5.41) is 16.7. The molecule has 0 spiro atoms. The van der Waals surface area contributed by atoms with Crippen molar-refractivity contribution < 1.29 is 19.5 Å². The third-order valence-corrected chi connectivity index (χ3v) is 6.54. The summed E-state index contributed by atoms with van der Waals surface area (Å²) in [5.74, 6) is -1.76. The van der Waals surface area contributed by atoms with Crippen molar-refractivity contribution in [2.45, 2.75) is 47.5 Å². The van der Waals surface area contributed by atoms with Gasteiger partial charge in [0.1, 0.15) is 11.7 Å². The monoisotopic (exact) mass is 492 g/mol. The number of anilines is 4. The Balaban J connectivity index is 2.08. The summed E-state index contributed by atoms with van der Waals surface area (Å²) in [7, 11) is 0. The molecule has 0 heterocycles. The molecule has 0 bridgehead atoms. The molecule has 0 saturated carbocycles. The lowest BCUT2D eigenvalue weighted by atomic mass is 9.74. The summed E-state index contributed by atoms with van der Waals surface area (Å²) >= 11 is 0. The fourth-order valence-corrected chi connectivity index (χ4v) is 4.73. The number of benzene rings is 2. The maximum absolute atomic E-state index is 13.4. The Morgan fingerprint density at radius 3 is 1.75 bits per heavy atom.